The van der Waals surface area contributed by atoms with Gasteiger partial charge in [-0.2, -0.15) is 0 Å². The standard InChI is InChI=1S/C24H30ClN3O4/c1-16-11-18(12-24(29)30)28(15-16)17-3-5-19(6-4-17)32-20-7-9-27(10-8-20)22-13-23(31-2)26-14-21(22)25/h3-6,13-14,16,18,20H,7-12,15H2,1-2H3,(H,29,30)/t16-,18-/m1/s1. The molecule has 0 radical (unpaired) electrons. The minimum absolute atomic E-state index is 0.0530. The predicted octanol–water partition coefficient (Wildman–Crippen LogP) is 4.48. The molecule has 0 bridgehead atoms. The number of carboxylic acid groups (broad SMARTS) is 1. The van der Waals surface area contributed by atoms with Gasteiger partial charge < -0.3 is 24.4 Å². The van der Waals surface area contributed by atoms with E-state index < -0.39 is 5.97 Å². The fraction of sp³-hybridized carbons (Fsp3) is 0.500. The minimum atomic E-state index is -0.744. The van der Waals surface area contributed by atoms with Crippen molar-refractivity contribution < 1.29 is 19.4 Å². The molecule has 0 spiro atoms. The number of nitrogens with zero attached hydrogens (tertiary/aromatic N) is 3. The van der Waals surface area contributed by atoms with Gasteiger partial charge in [0.25, 0.3) is 0 Å². The molecular formula is C24H30ClN3O4. The van der Waals surface area contributed by atoms with Crippen LogP contribution in [-0.4, -0.2) is 54.9 Å². The number of carbonyl (C=O) groups is 1. The summed E-state index contributed by atoms with van der Waals surface area (Å²) in [5, 5.41) is 9.84. The van der Waals surface area contributed by atoms with E-state index in [0.717, 1.165) is 56.0 Å². The predicted molar refractivity (Wildman–Crippen MR) is 125 cm³/mol. The van der Waals surface area contributed by atoms with E-state index in [1.54, 1.807) is 13.3 Å². The Hall–Kier alpha value is -2.67. The highest BCUT2D eigenvalue weighted by Gasteiger charge is 2.31. The Morgan fingerprint density at radius 2 is 1.97 bits per heavy atom. The zero-order chi connectivity index (χ0) is 22.7. The zero-order valence-electron chi connectivity index (χ0n) is 18.5. The summed E-state index contributed by atoms with van der Waals surface area (Å²) in [4.78, 5) is 19.8. The quantitative estimate of drug-likeness (QED) is 0.654. The van der Waals surface area contributed by atoms with Crippen LogP contribution in [0, 0.1) is 5.92 Å². The van der Waals surface area contributed by atoms with Crippen molar-refractivity contribution in [3.63, 3.8) is 0 Å². The van der Waals surface area contributed by atoms with Crippen molar-refractivity contribution in [3.8, 4) is 11.6 Å². The van der Waals surface area contributed by atoms with Crippen LogP contribution in [0.5, 0.6) is 11.6 Å². The van der Waals surface area contributed by atoms with Gasteiger partial charge in [-0.25, -0.2) is 4.98 Å². The lowest BCUT2D eigenvalue weighted by molar-refractivity contribution is -0.137. The topological polar surface area (TPSA) is 75.1 Å². The monoisotopic (exact) mass is 459 g/mol. The van der Waals surface area contributed by atoms with Gasteiger partial charge in [0.2, 0.25) is 5.88 Å². The van der Waals surface area contributed by atoms with Crippen molar-refractivity contribution in [1.82, 2.24) is 4.98 Å². The minimum Gasteiger partial charge on any atom is -0.490 e. The summed E-state index contributed by atoms with van der Waals surface area (Å²) in [7, 11) is 1.60. The van der Waals surface area contributed by atoms with Crippen LogP contribution < -0.4 is 19.3 Å². The molecule has 0 unspecified atom stereocenters. The van der Waals surface area contributed by atoms with Crippen LogP contribution >= 0.6 is 11.6 Å². The number of aromatic nitrogens is 1. The molecule has 0 saturated carbocycles. The number of pyridine rings is 1. The summed E-state index contributed by atoms with van der Waals surface area (Å²) >= 11 is 6.34. The average molecular weight is 460 g/mol. The van der Waals surface area contributed by atoms with Crippen LogP contribution in [-0.2, 0) is 4.79 Å². The lowest BCUT2D eigenvalue weighted by Gasteiger charge is -2.34. The van der Waals surface area contributed by atoms with E-state index in [0.29, 0.717) is 16.8 Å². The van der Waals surface area contributed by atoms with E-state index >= 15 is 0 Å². The normalized spacial score (nSPS) is 21.6. The highest BCUT2D eigenvalue weighted by Crippen LogP contribution is 2.33. The van der Waals surface area contributed by atoms with E-state index in [4.69, 9.17) is 21.1 Å². The van der Waals surface area contributed by atoms with Gasteiger partial charge in [-0.3, -0.25) is 4.79 Å². The molecule has 1 N–H and O–H groups in total. The first-order valence-electron chi connectivity index (χ1n) is 11.1. The van der Waals surface area contributed by atoms with Gasteiger partial charge in [0.05, 0.1) is 30.4 Å². The average Bonchev–Trinajstić information content (AvgIpc) is 3.14. The van der Waals surface area contributed by atoms with Gasteiger partial charge in [-0.1, -0.05) is 18.5 Å². The summed E-state index contributed by atoms with van der Waals surface area (Å²) in [6, 6.07) is 10.00. The maximum absolute atomic E-state index is 11.2. The highest BCUT2D eigenvalue weighted by atomic mass is 35.5. The van der Waals surface area contributed by atoms with Crippen LogP contribution in [0.4, 0.5) is 11.4 Å². The van der Waals surface area contributed by atoms with E-state index in [9.17, 15) is 9.90 Å². The van der Waals surface area contributed by atoms with Gasteiger partial charge in [-0.05, 0) is 36.6 Å². The Labute approximate surface area is 193 Å². The molecule has 2 aliphatic heterocycles. The summed E-state index contributed by atoms with van der Waals surface area (Å²) in [5.41, 5.74) is 2.00. The molecular weight excluding hydrogens is 430 g/mol. The number of halogens is 1. The molecule has 0 amide bonds. The lowest BCUT2D eigenvalue weighted by Crippen LogP contribution is -2.38. The van der Waals surface area contributed by atoms with Gasteiger partial charge in [-0.15, -0.1) is 0 Å². The molecule has 0 aliphatic carbocycles. The molecule has 2 atom stereocenters. The number of aliphatic carboxylic acids is 1. The van der Waals surface area contributed by atoms with Crippen LogP contribution in [0.3, 0.4) is 0 Å². The van der Waals surface area contributed by atoms with Gasteiger partial charge in [0.1, 0.15) is 11.9 Å². The van der Waals surface area contributed by atoms with Crippen molar-refractivity contribution in [1.29, 1.82) is 0 Å². The molecule has 172 valence electrons. The van der Waals surface area contributed by atoms with Crippen molar-refractivity contribution in [2.45, 2.75) is 44.8 Å². The SMILES string of the molecule is COc1cc(N2CCC(Oc3ccc(N4C[C@H](C)C[C@@H]4CC(=O)O)cc3)CC2)c(Cl)cn1. The van der Waals surface area contributed by atoms with Crippen molar-refractivity contribution in [3.05, 3.63) is 41.6 Å². The first kappa shape index (κ1) is 22.5. The van der Waals surface area contributed by atoms with Crippen molar-refractivity contribution in [2.24, 2.45) is 5.92 Å². The molecule has 1 aromatic carbocycles. The molecule has 3 heterocycles. The maximum Gasteiger partial charge on any atom is 0.305 e. The van der Waals surface area contributed by atoms with E-state index in [1.165, 1.54) is 0 Å². The summed E-state index contributed by atoms with van der Waals surface area (Å²) in [5.74, 6) is 1.15. The second kappa shape index (κ2) is 9.86. The van der Waals surface area contributed by atoms with Crippen LogP contribution in [0.2, 0.25) is 5.02 Å². The third-order valence-electron chi connectivity index (χ3n) is 6.31. The number of hydrogen-bond donors (Lipinski definition) is 1. The number of methoxy groups -OCH3 is 1. The number of anilines is 2. The number of rotatable bonds is 7. The maximum atomic E-state index is 11.2. The molecule has 32 heavy (non-hydrogen) atoms. The van der Waals surface area contributed by atoms with E-state index in [1.807, 2.05) is 30.3 Å². The Bertz CT molecular complexity index is 931. The van der Waals surface area contributed by atoms with Gasteiger partial charge in [0, 0.05) is 50.3 Å². The van der Waals surface area contributed by atoms with Crippen molar-refractivity contribution >= 4 is 28.9 Å². The number of hydrogen-bond acceptors (Lipinski definition) is 6. The molecule has 2 aliphatic rings. The largest absolute Gasteiger partial charge is 0.490 e. The van der Waals surface area contributed by atoms with Crippen molar-refractivity contribution in [2.75, 3.05) is 36.5 Å². The molecule has 2 saturated heterocycles. The molecule has 2 fully saturated rings. The molecule has 4 rings (SSSR count). The first-order valence-corrected chi connectivity index (χ1v) is 11.5. The number of piperidine rings is 1. The van der Waals surface area contributed by atoms with Crippen LogP contribution in [0.25, 0.3) is 0 Å². The zero-order valence-corrected chi connectivity index (χ0v) is 19.3. The third kappa shape index (κ3) is 5.21. The van der Waals surface area contributed by atoms with Crippen LogP contribution in [0.15, 0.2) is 36.5 Å². The summed E-state index contributed by atoms with van der Waals surface area (Å²) < 4.78 is 11.5. The smallest absolute Gasteiger partial charge is 0.305 e. The van der Waals surface area contributed by atoms with E-state index in [-0.39, 0.29) is 18.6 Å². The number of carboxylic acids is 1. The fourth-order valence-electron chi connectivity index (χ4n) is 4.75. The second-order valence-corrected chi connectivity index (χ2v) is 9.13. The Morgan fingerprint density at radius 1 is 1.25 bits per heavy atom. The summed E-state index contributed by atoms with van der Waals surface area (Å²) in [6.45, 7) is 4.75. The second-order valence-electron chi connectivity index (χ2n) is 8.72. The Balaban J connectivity index is 1.33. The highest BCUT2D eigenvalue weighted by molar-refractivity contribution is 6.33. The fourth-order valence-corrected chi connectivity index (χ4v) is 4.97. The summed E-state index contributed by atoms with van der Waals surface area (Å²) in [6.07, 6.45) is 4.65. The van der Waals surface area contributed by atoms with Gasteiger partial charge >= 0.3 is 5.97 Å². The Kier molecular flexibility index (Phi) is 6.94. The number of ether oxygens (including phenoxy) is 2. The van der Waals surface area contributed by atoms with Crippen LogP contribution in [0.1, 0.15) is 32.6 Å². The van der Waals surface area contributed by atoms with Gasteiger partial charge in [0.15, 0.2) is 0 Å². The third-order valence-corrected chi connectivity index (χ3v) is 6.60. The first-order chi connectivity index (χ1) is 15.4. The molecule has 2 aromatic rings. The molecule has 7 nitrogen and oxygen atoms in total. The van der Waals surface area contributed by atoms with E-state index in [2.05, 4.69) is 21.7 Å². The molecule has 1 aromatic heterocycles. The molecule has 8 heteroatoms. The lowest BCUT2D eigenvalue weighted by atomic mass is 10.1. The number of benzene rings is 1. The Morgan fingerprint density at radius 3 is 2.62 bits per heavy atom.